The number of amides is 2. The van der Waals surface area contributed by atoms with Gasteiger partial charge in [-0.3, -0.25) is 4.98 Å². The molecule has 0 aromatic carbocycles. The van der Waals surface area contributed by atoms with E-state index in [4.69, 9.17) is 4.52 Å². The van der Waals surface area contributed by atoms with Crippen LogP contribution in [-0.2, 0) is 6.42 Å². The molecule has 2 aromatic rings. The van der Waals surface area contributed by atoms with Crippen molar-refractivity contribution in [2.45, 2.75) is 32.1 Å². The van der Waals surface area contributed by atoms with Crippen molar-refractivity contribution < 1.29 is 9.32 Å². The highest BCUT2D eigenvalue weighted by atomic mass is 16.5. The van der Waals surface area contributed by atoms with Crippen LogP contribution in [0.25, 0.3) is 11.5 Å². The van der Waals surface area contributed by atoms with E-state index in [9.17, 15) is 4.79 Å². The minimum absolute atomic E-state index is 0.0562. The molecule has 24 heavy (non-hydrogen) atoms. The summed E-state index contributed by atoms with van der Waals surface area (Å²) in [6.07, 6.45) is 4.29. The van der Waals surface area contributed by atoms with E-state index in [0.29, 0.717) is 24.8 Å². The summed E-state index contributed by atoms with van der Waals surface area (Å²) < 4.78 is 5.49. The molecule has 3 rings (SSSR count). The Balaban J connectivity index is 1.70. The van der Waals surface area contributed by atoms with Crippen LogP contribution in [0.4, 0.5) is 4.79 Å². The largest absolute Gasteiger partial charge is 0.339 e. The van der Waals surface area contributed by atoms with Crippen molar-refractivity contribution >= 4 is 6.03 Å². The van der Waals surface area contributed by atoms with Crippen LogP contribution < -0.4 is 0 Å². The fourth-order valence-corrected chi connectivity index (χ4v) is 3.02. The van der Waals surface area contributed by atoms with E-state index < -0.39 is 0 Å². The molecule has 1 aliphatic heterocycles. The summed E-state index contributed by atoms with van der Waals surface area (Å²) in [5, 5.41) is 4.12. The van der Waals surface area contributed by atoms with Crippen molar-refractivity contribution in [2.75, 3.05) is 27.2 Å². The smallest absolute Gasteiger partial charge is 0.319 e. The van der Waals surface area contributed by atoms with Crippen LogP contribution in [0.15, 0.2) is 22.9 Å². The predicted octanol–water partition coefficient (Wildman–Crippen LogP) is 2.56. The van der Waals surface area contributed by atoms with Gasteiger partial charge >= 0.3 is 6.03 Å². The summed E-state index contributed by atoms with van der Waals surface area (Å²) in [5.41, 5.74) is 1.89. The number of likely N-dealkylation sites (tertiary alicyclic amines) is 1. The number of aryl methyl sites for hydroxylation is 1. The molecular formula is C17H23N5O2. The van der Waals surface area contributed by atoms with Crippen LogP contribution in [0.1, 0.15) is 37.1 Å². The Bertz CT molecular complexity index is 705. The SMILES string of the molecule is CCc1cccnc1-c1noc(C2CCN(C(=O)N(C)C)CC2)n1. The molecule has 128 valence electrons. The summed E-state index contributed by atoms with van der Waals surface area (Å²) in [6, 6.07) is 4.01. The molecule has 3 heterocycles. The summed E-state index contributed by atoms with van der Waals surface area (Å²) in [6.45, 7) is 3.51. The fourth-order valence-electron chi connectivity index (χ4n) is 3.02. The van der Waals surface area contributed by atoms with Crippen molar-refractivity contribution in [3.63, 3.8) is 0 Å². The van der Waals surface area contributed by atoms with E-state index in [1.165, 1.54) is 0 Å². The van der Waals surface area contributed by atoms with Gasteiger partial charge in [0.25, 0.3) is 0 Å². The number of carbonyl (C=O) groups is 1. The zero-order valence-corrected chi connectivity index (χ0v) is 14.4. The first kappa shape index (κ1) is 16.4. The van der Waals surface area contributed by atoms with Crippen molar-refractivity contribution in [3.05, 3.63) is 29.8 Å². The van der Waals surface area contributed by atoms with Crippen LogP contribution in [0.3, 0.4) is 0 Å². The predicted molar refractivity (Wildman–Crippen MR) is 89.5 cm³/mol. The Kier molecular flexibility index (Phi) is 4.78. The molecule has 1 saturated heterocycles. The maximum atomic E-state index is 12.0. The van der Waals surface area contributed by atoms with Gasteiger partial charge in [-0.15, -0.1) is 0 Å². The van der Waals surface area contributed by atoms with E-state index in [2.05, 4.69) is 22.0 Å². The maximum absolute atomic E-state index is 12.0. The Morgan fingerprint density at radius 3 is 2.79 bits per heavy atom. The Labute approximate surface area is 141 Å². The molecule has 0 N–H and O–H groups in total. The molecule has 1 fully saturated rings. The van der Waals surface area contributed by atoms with Crippen LogP contribution in [0.2, 0.25) is 0 Å². The first-order valence-corrected chi connectivity index (χ1v) is 8.34. The molecule has 0 atom stereocenters. The van der Waals surface area contributed by atoms with Crippen LogP contribution in [0.5, 0.6) is 0 Å². The van der Waals surface area contributed by atoms with Gasteiger partial charge in [-0.05, 0) is 30.9 Å². The Morgan fingerprint density at radius 1 is 1.38 bits per heavy atom. The molecule has 0 unspecified atom stereocenters. The third-order valence-corrected chi connectivity index (χ3v) is 4.42. The Hall–Kier alpha value is -2.44. The molecule has 1 aliphatic rings. The number of piperidine rings is 1. The Morgan fingerprint density at radius 2 is 2.12 bits per heavy atom. The highest BCUT2D eigenvalue weighted by Crippen LogP contribution is 2.29. The molecule has 7 heteroatoms. The second kappa shape index (κ2) is 6.98. The lowest BCUT2D eigenvalue weighted by molar-refractivity contribution is 0.152. The number of rotatable bonds is 3. The molecule has 2 aromatic heterocycles. The quantitative estimate of drug-likeness (QED) is 0.865. The molecule has 0 spiro atoms. The summed E-state index contributed by atoms with van der Waals surface area (Å²) in [7, 11) is 3.55. The van der Waals surface area contributed by atoms with Crippen molar-refractivity contribution in [3.8, 4) is 11.5 Å². The van der Waals surface area contributed by atoms with E-state index in [0.717, 1.165) is 30.5 Å². The van der Waals surface area contributed by atoms with Gasteiger partial charge in [0.1, 0.15) is 5.69 Å². The maximum Gasteiger partial charge on any atom is 0.319 e. The number of hydrogen-bond donors (Lipinski definition) is 0. The van der Waals surface area contributed by atoms with E-state index in [1.807, 2.05) is 17.0 Å². The zero-order valence-electron chi connectivity index (χ0n) is 14.4. The topological polar surface area (TPSA) is 75.4 Å². The number of hydrogen-bond acceptors (Lipinski definition) is 5. The second-order valence-electron chi connectivity index (χ2n) is 6.26. The van der Waals surface area contributed by atoms with Gasteiger partial charge in [-0.1, -0.05) is 18.1 Å². The number of aromatic nitrogens is 3. The number of pyridine rings is 1. The molecule has 0 aliphatic carbocycles. The van der Waals surface area contributed by atoms with Gasteiger partial charge in [0.2, 0.25) is 11.7 Å². The van der Waals surface area contributed by atoms with Crippen LogP contribution in [0, 0.1) is 0 Å². The molecule has 7 nitrogen and oxygen atoms in total. The third kappa shape index (κ3) is 3.25. The number of carbonyl (C=O) groups excluding carboxylic acids is 1. The average molecular weight is 329 g/mol. The lowest BCUT2D eigenvalue weighted by atomic mass is 9.97. The van der Waals surface area contributed by atoms with Gasteiger partial charge in [0.15, 0.2) is 0 Å². The van der Waals surface area contributed by atoms with Gasteiger partial charge in [-0.2, -0.15) is 4.98 Å². The highest BCUT2D eigenvalue weighted by Gasteiger charge is 2.28. The molecular weight excluding hydrogens is 306 g/mol. The third-order valence-electron chi connectivity index (χ3n) is 4.42. The van der Waals surface area contributed by atoms with E-state index >= 15 is 0 Å². The molecule has 0 radical (unpaired) electrons. The number of urea groups is 1. The van der Waals surface area contributed by atoms with Gasteiger partial charge < -0.3 is 14.3 Å². The molecule has 0 bridgehead atoms. The summed E-state index contributed by atoms with van der Waals surface area (Å²) in [5.74, 6) is 1.40. The summed E-state index contributed by atoms with van der Waals surface area (Å²) in [4.78, 5) is 24.4. The first-order chi connectivity index (χ1) is 11.6. The average Bonchev–Trinajstić information content (AvgIpc) is 3.11. The zero-order chi connectivity index (χ0) is 17.1. The van der Waals surface area contributed by atoms with Gasteiger partial charge in [0, 0.05) is 39.3 Å². The van der Waals surface area contributed by atoms with Crippen molar-refractivity contribution in [2.24, 2.45) is 0 Å². The van der Waals surface area contributed by atoms with Gasteiger partial charge in [-0.25, -0.2) is 4.79 Å². The van der Waals surface area contributed by atoms with E-state index in [1.54, 1.807) is 25.2 Å². The second-order valence-corrected chi connectivity index (χ2v) is 6.26. The van der Waals surface area contributed by atoms with Crippen LogP contribution >= 0.6 is 0 Å². The van der Waals surface area contributed by atoms with Gasteiger partial charge in [0.05, 0.1) is 0 Å². The minimum atomic E-state index is 0.0562. The summed E-state index contributed by atoms with van der Waals surface area (Å²) >= 11 is 0. The lowest BCUT2D eigenvalue weighted by Crippen LogP contribution is -2.43. The number of nitrogens with zero attached hydrogens (tertiary/aromatic N) is 5. The van der Waals surface area contributed by atoms with Crippen LogP contribution in [-0.4, -0.2) is 58.1 Å². The molecule has 2 amide bonds. The monoisotopic (exact) mass is 329 g/mol. The standard InChI is InChI=1S/C17H23N5O2/c1-4-12-6-5-9-18-14(12)15-19-16(24-20-15)13-7-10-22(11-8-13)17(23)21(2)3/h5-6,9,13H,4,7-8,10-11H2,1-3H3. The normalized spacial score (nSPS) is 15.5. The lowest BCUT2D eigenvalue weighted by Gasteiger charge is -2.32. The van der Waals surface area contributed by atoms with E-state index in [-0.39, 0.29) is 11.9 Å². The molecule has 0 saturated carbocycles. The minimum Gasteiger partial charge on any atom is -0.339 e. The van der Waals surface area contributed by atoms with Crippen molar-refractivity contribution in [1.82, 2.24) is 24.9 Å². The van der Waals surface area contributed by atoms with Crippen molar-refractivity contribution in [1.29, 1.82) is 0 Å². The fraction of sp³-hybridized carbons (Fsp3) is 0.529. The first-order valence-electron chi connectivity index (χ1n) is 8.34. The highest BCUT2D eigenvalue weighted by molar-refractivity contribution is 5.73.